The molecule has 2 aromatic rings. The molecule has 0 unspecified atom stereocenters. The van der Waals surface area contributed by atoms with E-state index >= 15 is 0 Å². The van der Waals surface area contributed by atoms with Gasteiger partial charge in [0.1, 0.15) is 6.04 Å². The second-order valence-electron chi connectivity index (χ2n) is 8.89. The molecule has 0 fully saturated rings. The molecule has 5 nitrogen and oxygen atoms in total. The van der Waals surface area contributed by atoms with E-state index in [1.807, 2.05) is 42.5 Å². The summed E-state index contributed by atoms with van der Waals surface area (Å²) in [6.45, 7) is 11.2. The van der Waals surface area contributed by atoms with Gasteiger partial charge in [-0.1, -0.05) is 63.2 Å². The number of hydrogen-bond donors (Lipinski definition) is 1. The first-order valence-electron chi connectivity index (χ1n) is 10.2. The van der Waals surface area contributed by atoms with Gasteiger partial charge in [-0.15, -0.1) is 0 Å². The van der Waals surface area contributed by atoms with E-state index in [2.05, 4.69) is 39.2 Å². The SMILES string of the molecule is COC(=O)[C@H](CCO[Si](C)(C)C(C)(C)C)NC(=O)c1ccc(-c2ccccc2)cc1. The lowest BCUT2D eigenvalue weighted by Gasteiger charge is -2.36. The molecule has 0 bridgehead atoms. The van der Waals surface area contributed by atoms with Gasteiger partial charge in [0.05, 0.1) is 7.11 Å². The second-order valence-corrected chi connectivity index (χ2v) is 13.7. The van der Waals surface area contributed by atoms with E-state index in [1.165, 1.54) is 7.11 Å². The number of carbonyl (C=O) groups excluding carboxylic acids is 2. The number of nitrogens with one attached hydrogen (secondary N) is 1. The largest absolute Gasteiger partial charge is 0.467 e. The number of hydrogen-bond acceptors (Lipinski definition) is 4. The van der Waals surface area contributed by atoms with Crippen LogP contribution in [-0.4, -0.2) is 40.0 Å². The Kier molecular flexibility index (Phi) is 7.98. The molecule has 1 N–H and O–H groups in total. The van der Waals surface area contributed by atoms with Crippen molar-refractivity contribution in [1.82, 2.24) is 5.32 Å². The molecule has 0 heterocycles. The van der Waals surface area contributed by atoms with E-state index in [-0.39, 0.29) is 10.9 Å². The highest BCUT2D eigenvalue weighted by atomic mass is 28.4. The summed E-state index contributed by atoms with van der Waals surface area (Å²) in [5.41, 5.74) is 2.60. The highest BCUT2D eigenvalue weighted by Crippen LogP contribution is 2.36. The zero-order valence-corrected chi connectivity index (χ0v) is 19.8. The molecular weight excluding hydrogens is 394 g/mol. The number of ether oxygens (including phenoxy) is 1. The number of carbonyl (C=O) groups is 2. The molecule has 0 radical (unpaired) electrons. The predicted octanol–water partition coefficient (Wildman–Crippen LogP) is 5.04. The van der Waals surface area contributed by atoms with Gasteiger partial charge in [0.2, 0.25) is 0 Å². The maximum Gasteiger partial charge on any atom is 0.328 e. The Balaban J connectivity index is 2.02. The van der Waals surface area contributed by atoms with Gasteiger partial charge >= 0.3 is 5.97 Å². The lowest BCUT2D eigenvalue weighted by molar-refractivity contribution is -0.143. The Hall–Kier alpha value is -2.44. The summed E-state index contributed by atoms with van der Waals surface area (Å²) < 4.78 is 11.0. The quantitative estimate of drug-likeness (QED) is 0.474. The molecule has 162 valence electrons. The van der Waals surface area contributed by atoms with Crippen molar-refractivity contribution >= 4 is 20.2 Å². The van der Waals surface area contributed by atoms with Crippen molar-refractivity contribution in [3.05, 3.63) is 60.2 Å². The summed E-state index contributed by atoms with van der Waals surface area (Å²) in [5, 5.41) is 2.87. The van der Waals surface area contributed by atoms with Gasteiger partial charge < -0.3 is 14.5 Å². The van der Waals surface area contributed by atoms with Crippen LogP contribution in [-0.2, 0) is 14.0 Å². The highest BCUT2D eigenvalue weighted by Gasteiger charge is 2.37. The Morgan fingerprint density at radius 2 is 1.53 bits per heavy atom. The summed E-state index contributed by atoms with van der Waals surface area (Å²) >= 11 is 0. The Morgan fingerprint density at radius 1 is 0.967 bits per heavy atom. The van der Waals surface area contributed by atoms with Gasteiger partial charge in [-0.3, -0.25) is 4.79 Å². The topological polar surface area (TPSA) is 64.6 Å². The molecule has 2 aromatic carbocycles. The molecule has 0 saturated carbocycles. The van der Waals surface area contributed by atoms with Crippen molar-refractivity contribution in [3.63, 3.8) is 0 Å². The third kappa shape index (κ3) is 6.28. The average molecular weight is 428 g/mol. The standard InChI is InChI=1S/C24H33NO4Si/c1-24(2,3)30(5,6)29-17-16-21(23(27)28-4)25-22(26)20-14-12-19(13-15-20)18-10-8-7-9-11-18/h7-15,21H,16-17H2,1-6H3,(H,25,26)/t21-/m0/s1. The Labute approximate surface area is 180 Å². The predicted molar refractivity (Wildman–Crippen MR) is 123 cm³/mol. The van der Waals surface area contributed by atoms with E-state index in [1.54, 1.807) is 12.1 Å². The Bertz CT molecular complexity index is 842. The molecule has 0 spiro atoms. The maximum atomic E-state index is 12.7. The molecule has 6 heteroatoms. The second kappa shape index (κ2) is 10.0. The van der Waals surface area contributed by atoms with Crippen LogP contribution in [0.3, 0.4) is 0 Å². The first-order chi connectivity index (χ1) is 14.0. The van der Waals surface area contributed by atoms with Crippen LogP contribution < -0.4 is 5.32 Å². The fourth-order valence-electron chi connectivity index (χ4n) is 2.73. The molecule has 0 aromatic heterocycles. The number of rotatable bonds is 8. The minimum atomic E-state index is -1.92. The number of esters is 1. The fraction of sp³-hybridized carbons (Fsp3) is 0.417. The molecule has 1 amide bonds. The van der Waals surface area contributed by atoms with Gasteiger partial charge in [-0.25, -0.2) is 4.79 Å². The van der Waals surface area contributed by atoms with Gasteiger partial charge in [0.15, 0.2) is 8.32 Å². The molecule has 0 aliphatic rings. The van der Waals surface area contributed by atoms with Crippen LogP contribution in [0, 0.1) is 0 Å². The number of benzene rings is 2. The molecule has 1 atom stereocenters. The summed E-state index contributed by atoms with van der Waals surface area (Å²) in [7, 11) is -0.600. The fourth-order valence-corrected chi connectivity index (χ4v) is 3.79. The summed E-state index contributed by atoms with van der Waals surface area (Å²) in [5.74, 6) is -0.777. The molecular formula is C24H33NO4Si. The van der Waals surface area contributed by atoms with E-state index in [4.69, 9.17) is 9.16 Å². The van der Waals surface area contributed by atoms with Gasteiger partial charge in [-0.05, 0) is 41.4 Å². The highest BCUT2D eigenvalue weighted by molar-refractivity contribution is 6.74. The monoisotopic (exact) mass is 427 g/mol. The lowest BCUT2D eigenvalue weighted by atomic mass is 10.0. The first kappa shape index (κ1) is 23.8. The van der Waals surface area contributed by atoms with Crippen LogP contribution in [0.4, 0.5) is 0 Å². The van der Waals surface area contributed by atoms with E-state index < -0.39 is 20.3 Å². The van der Waals surface area contributed by atoms with Crippen molar-refractivity contribution in [1.29, 1.82) is 0 Å². The number of methoxy groups -OCH3 is 1. The van der Waals surface area contributed by atoms with Gasteiger partial charge in [0.25, 0.3) is 5.91 Å². The minimum absolute atomic E-state index is 0.0809. The zero-order chi connectivity index (χ0) is 22.4. The van der Waals surface area contributed by atoms with E-state index in [0.717, 1.165) is 11.1 Å². The van der Waals surface area contributed by atoms with E-state index in [0.29, 0.717) is 18.6 Å². The molecule has 30 heavy (non-hydrogen) atoms. The summed E-state index contributed by atoms with van der Waals surface area (Å²) in [6.07, 6.45) is 0.368. The summed E-state index contributed by atoms with van der Waals surface area (Å²) in [6, 6.07) is 16.5. The van der Waals surface area contributed by atoms with Crippen LogP contribution in [0.5, 0.6) is 0 Å². The van der Waals surface area contributed by atoms with E-state index in [9.17, 15) is 9.59 Å². The van der Waals surface area contributed by atoms with Crippen molar-refractivity contribution < 1.29 is 18.8 Å². The molecule has 0 saturated heterocycles. The maximum absolute atomic E-state index is 12.7. The van der Waals surface area contributed by atoms with Crippen LogP contribution >= 0.6 is 0 Å². The number of amides is 1. The van der Waals surface area contributed by atoms with Crippen molar-refractivity contribution in [2.75, 3.05) is 13.7 Å². The minimum Gasteiger partial charge on any atom is -0.467 e. The van der Waals surface area contributed by atoms with Crippen LogP contribution in [0.2, 0.25) is 18.1 Å². The van der Waals surface area contributed by atoms with Gasteiger partial charge in [0, 0.05) is 18.6 Å². The zero-order valence-electron chi connectivity index (χ0n) is 18.8. The van der Waals surface area contributed by atoms with Crippen LogP contribution in [0.1, 0.15) is 37.6 Å². The smallest absolute Gasteiger partial charge is 0.328 e. The lowest BCUT2D eigenvalue weighted by Crippen LogP contribution is -2.45. The van der Waals surface area contributed by atoms with Crippen LogP contribution in [0.25, 0.3) is 11.1 Å². The average Bonchev–Trinajstić information content (AvgIpc) is 2.72. The summed E-state index contributed by atoms with van der Waals surface area (Å²) in [4.78, 5) is 24.9. The van der Waals surface area contributed by atoms with Crippen molar-refractivity contribution in [3.8, 4) is 11.1 Å². The molecule has 0 aliphatic carbocycles. The van der Waals surface area contributed by atoms with Crippen molar-refractivity contribution in [2.45, 2.75) is 51.4 Å². The third-order valence-corrected chi connectivity index (χ3v) is 10.3. The molecule has 0 aliphatic heterocycles. The normalized spacial score (nSPS) is 12.9. The first-order valence-corrected chi connectivity index (χ1v) is 13.1. The Morgan fingerprint density at radius 3 is 2.07 bits per heavy atom. The molecule has 2 rings (SSSR count). The third-order valence-electron chi connectivity index (χ3n) is 5.72. The van der Waals surface area contributed by atoms with Crippen molar-refractivity contribution in [2.24, 2.45) is 0 Å². The van der Waals surface area contributed by atoms with Gasteiger partial charge in [-0.2, -0.15) is 0 Å². The van der Waals surface area contributed by atoms with Crippen LogP contribution in [0.15, 0.2) is 54.6 Å².